The Kier molecular flexibility index (Phi) is 5.52. The number of rotatable bonds is 6. The highest BCUT2D eigenvalue weighted by Crippen LogP contribution is 2.28. The molecule has 0 radical (unpaired) electrons. The van der Waals surface area contributed by atoms with E-state index in [1.807, 2.05) is 0 Å². The van der Waals surface area contributed by atoms with Gasteiger partial charge in [0.1, 0.15) is 0 Å². The van der Waals surface area contributed by atoms with E-state index in [1.54, 1.807) is 0 Å². The first-order valence-corrected chi connectivity index (χ1v) is 8.78. The molecule has 3 rings (SSSR count). The van der Waals surface area contributed by atoms with Crippen molar-refractivity contribution in [2.75, 3.05) is 26.0 Å². The van der Waals surface area contributed by atoms with Gasteiger partial charge in [-0.3, -0.25) is 0 Å². The Hall–Kier alpha value is -2.58. The average Bonchev–Trinajstić information content (AvgIpc) is 2.63. The highest BCUT2D eigenvalue weighted by atomic mass is 15.0. The first kappa shape index (κ1) is 17.2. The molecule has 0 aliphatic heterocycles. The molecule has 0 heterocycles. The number of benzene rings is 3. The van der Waals surface area contributed by atoms with Gasteiger partial charge in [0, 0.05) is 17.9 Å². The third-order valence-electron chi connectivity index (χ3n) is 4.41. The van der Waals surface area contributed by atoms with E-state index in [1.165, 1.54) is 22.3 Å². The molecular weight excluding hydrogens is 304 g/mol. The summed E-state index contributed by atoms with van der Waals surface area (Å²) < 4.78 is 0. The molecule has 0 aliphatic rings. The zero-order valence-corrected chi connectivity index (χ0v) is 15.3. The molecule has 25 heavy (non-hydrogen) atoms. The molecule has 0 atom stereocenters. The molecule has 0 saturated heterocycles. The third kappa shape index (κ3) is 4.71. The van der Waals surface area contributed by atoms with E-state index in [0.29, 0.717) is 0 Å². The van der Waals surface area contributed by atoms with Crippen molar-refractivity contribution in [3.05, 3.63) is 83.9 Å². The molecule has 2 nitrogen and oxygen atoms in total. The summed E-state index contributed by atoms with van der Waals surface area (Å²) in [6.45, 7) is 3.23. The Bertz CT molecular complexity index is 805. The van der Waals surface area contributed by atoms with Crippen LogP contribution in [0.1, 0.15) is 11.1 Å². The van der Waals surface area contributed by atoms with E-state index in [4.69, 9.17) is 0 Å². The maximum Gasteiger partial charge on any atom is 0.0390 e. The van der Waals surface area contributed by atoms with Crippen LogP contribution in [0.3, 0.4) is 0 Å². The van der Waals surface area contributed by atoms with Crippen molar-refractivity contribution >= 4 is 11.4 Å². The lowest BCUT2D eigenvalue weighted by Gasteiger charge is -2.12. The Morgan fingerprint density at radius 1 is 0.800 bits per heavy atom. The minimum absolute atomic E-state index is 1.07. The van der Waals surface area contributed by atoms with Crippen LogP contribution in [0, 0.1) is 6.92 Å². The van der Waals surface area contributed by atoms with Crippen LogP contribution in [0.4, 0.5) is 11.4 Å². The fourth-order valence-electron chi connectivity index (χ4n) is 2.90. The lowest BCUT2D eigenvalue weighted by Crippen LogP contribution is -2.14. The number of anilines is 2. The fraction of sp³-hybridized carbons (Fsp3) is 0.217. The molecule has 0 saturated carbocycles. The van der Waals surface area contributed by atoms with Crippen LogP contribution in [0.5, 0.6) is 0 Å². The molecule has 0 aliphatic carbocycles. The molecule has 0 bridgehead atoms. The highest BCUT2D eigenvalue weighted by molar-refractivity contribution is 5.73. The largest absolute Gasteiger partial charge is 0.356 e. The number of nitrogens with one attached hydrogen (secondary N) is 1. The summed E-state index contributed by atoms with van der Waals surface area (Å²) in [5.41, 5.74) is 7.42. The smallest absolute Gasteiger partial charge is 0.0390 e. The Morgan fingerprint density at radius 2 is 1.48 bits per heavy atom. The van der Waals surface area contributed by atoms with Crippen LogP contribution in [0.15, 0.2) is 72.8 Å². The standard InChI is InChI=1S/C23H26N2/c1-18-9-12-22(17-23(18)20-7-5-4-6-8-20)24-21-13-10-19(11-14-21)15-16-25(2)3/h4-14,17,24H,15-16H2,1-3H3. The number of hydrogen-bond donors (Lipinski definition) is 1. The molecular formula is C23H26N2. The van der Waals surface area contributed by atoms with Crippen LogP contribution < -0.4 is 5.32 Å². The summed E-state index contributed by atoms with van der Waals surface area (Å²) in [6.07, 6.45) is 1.08. The van der Waals surface area contributed by atoms with Crippen molar-refractivity contribution in [1.29, 1.82) is 0 Å². The number of nitrogens with zero attached hydrogens (tertiary/aromatic N) is 1. The van der Waals surface area contributed by atoms with Gasteiger partial charge in [-0.15, -0.1) is 0 Å². The number of aryl methyl sites for hydroxylation is 1. The predicted molar refractivity (Wildman–Crippen MR) is 109 cm³/mol. The van der Waals surface area contributed by atoms with Gasteiger partial charge in [0.15, 0.2) is 0 Å². The molecule has 128 valence electrons. The quantitative estimate of drug-likeness (QED) is 0.641. The van der Waals surface area contributed by atoms with E-state index in [-0.39, 0.29) is 0 Å². The molecule has 0 unspecified atom stereocenters. The fourth-order valence-corrected chi connectivity index (χ4v) is 2.90. The van der Waals surface area contributed by atoms with Crippen LogP contribution in [0.2, 0.25) is 0 Å². The minimum Gasteiger partial charge on any atom is -0.356 e. The molecule has 0 fully saturated rings. The normalized spacial score (nSPS) is 10.9. The summed E-state index contributed by atoms with van der Waals surface area (Å²) in [5.74, 6) is 0. The molecule has 0 spiro atoms. The predicted octanol–water partition coefficient (Wildman–Crippen LogP) is 5.51. The molecule has 0 aromatic heterocycles. The second-order valence-electron chi connectivity index (χ2n) is 6.77. The molecule has 2 heteroatoms. The topological polar surface area (TPSA) is 15.3 Å². The van der Waals surface area contributed by atoms with Crippen molar-refractivity contribution in [3.8, 4) is 11.1 Å². The summed E-state index contributed by atoms with van der Waals surface area (Å²) in [6, 6.07) is 25.8. The van der Waals surface area contributed by atoms with Gasteiger partial charge < -0.3 is 10.2 Å². The zero-order valence-electron chi connectivity index (χ0n) is 15.3. The Morgan fingerprint density at radius 3 is 2.16 bits per heavy atom. The summed E-state index contributed by atoms with van der Waals surface area (Å²) in [7, 11) is 4.22. The van der Waals surface area contributed by atoms with Crippen molar-refractivity contribution in [2.24, 2.45) is 0 Å². The van der Waals surface area contributed by atoms with Crippen molar-refractivity contribution < 1.29 is 0 Å². The number of likely N-dealkylation sites (N-methyl/N-ethyl adjacent to an activating group) is 1. The van der Waals surface area contributed by atoms with Gasteiger partial charge in [0.05, 0.1) is 0 Å². The molecule has 3 aromatic carbocycles. The lowest BCUT2D eigenvalue weighted by atomic mass is 10.00. The maximum atomic E-state index is 3.52. The van der Waals surface area contributed by atoms with E-state index >= 15 is 0 Å². The molecule has 3 aromatic rings. The van der Waals surface area contributed by atoms with Gasteiger partial charge in [0.25, 0.3) is 0 Å². The van der Waals surface area contributed by atoms with Crippen molar-refractivity contribution in [3.63, 3.8) is 0 Å². The van der Waals surface area contributed by atoms with Crippen molar-refractivity contribution in [1.82, 2.24) is 4.90 Å². The van der Waals surface area contributed by atoms with E-state index in [2.05, 4.69) is 104 Å². The van der Waals surface area contributed by atoms with Crippen LogP contribution in [-0.4, -0.2) is 25.5 Å². The second-order valence-corrected chi connectivity index (χ2v) is 6.77. The van der Waals surface area contributed by atoms with Gasteiger partial charge in [-0.25, -0.2) is 0 Å². The van der Waals surface area contributed by atoms with Crippen LogP contribution in [-0.2, 0) is 6.42 Å². The van der Waals surface area contributed by atoms with Gasteiger partial charge in [-0.05, 0) is 74.0 Å². The average molecular weight is 330 g/mol. The van der Waals surface area contributed by atoms with E-state index < -0.39 is 0 Å². The van der Waals surface area contributed by atoms with E-state index in [9.17, 15) is 0 Å². The summed E-state index contributed by atoms with van der Waals surface area (Å²) in [4.78, 5) is 2.21. The van der Waals surface area contributed by atoms with Gasteiger partial charge in [0.2, 0.25) is 0 Å². The zero-order chi connectivity index (χ0) is 17.6. The Balaban J connectivity index is 1.75. The SMILES string of the molecule is Cc1ccc(Nc2ccc(CCN(C)C)cc2)cc1-c1ccccc1. The number of hydrogen-bond acceptors (Lipinski definition) is 2. The first-order valence-electron chi connectivity index (χ1n) is 8.78. The molecule has 1 N–H and O–H groups in total. The monoisotopic (exact) mass is 330 g/mol. The van der Waals surface area contributed by atoms with E-state index in [0.717, 1.165) is 24.3 Å². The van der Waals surface area contributed by atoms with Crippen molar-refractivity contribution in [2.45, 2.75) is 13.3 Å². The second kappa shape index (κ2) is 8.00. The minimum atomic E-state index is 1.07. The van der Waals surface area contributed by atoms with Gasteiger partial charge in [-0.1, -0.05) is 48.5 Å². The van der Waals surface area contributed by atoms with Gasteiger partial charge in [-0.2, -0.15) is 0 Å². The Labute approximate surface area is 151 Å². The van der Waals surface area contributed by atoms with Gasteiger partial charge >= 0.3 is 0 Å². The van der Waals surface area contributed by atoms with Crippen LogP contribution in [0.25, 0.3) is 11.1 Å². The molecule has 0 amide bonds. The highest BCUT2D eigenvalue weighted by Gasteiger charge is 2.04. The van der Waals surface area contributed by atoms with Crippen LogP contribution >= 0.6 is 0 Å². The third-order valence-corrected chi connectivity index (χ3v) is 4.41. The first-order chi connectivity index (χ1) is 12.1. The summed E-state index contributed by atoms with van der Waals surface area (Å²) >= 11 is 0. The maximum absolute atomic E-state index is 3.52. The summed E-state index contributed by atoms with van der Waals surface area (Å²) in [5, 5.41) is 3.52. The lowest BCUT2D eigenvalue weighted by molar-refractivity contribution is 0.413.